The normalized spacial score (nSPS) is 15.5. The second-order valence-electron chi connectivity index (χ2n) is 5.96. The molecule has 3 rings (SSSR count). The van der Waals surface area contributed by atoms with Crippen molar-refractivity contribution in [2.45, 2.75) is 13.5 Å². The molecular formula is C18H21FN2O3. The molecule has 1 fully saturated rings. The van der Waals surface area contributed by atoms with Crippen LogP contribution in [0.1, 0.15) is 21.9 Å². The zero-order valence-electron chi connectivity index (χ0n) is 13.9. The minimum atomic E-state index is -0.445. The minimum Gasteiger partial charge on any atom is -0.463 e. The van der Waals surface area contributed by atoms with Crippen LogP contribution in [0.5, 0.6) is 0 Å². The van der Waals surface area contributed by atoms with Gasteiger partial charge in [-0.3, -0.25) is 4.90 Å². The average Bonchev–Trinajstić information content (AvgIpc) is 2.96. The van der Waals surface area contributed by atoms with Crippen LogP contribution >= 0.6 is 0 Å². The fourth-order valence-electron chi connectivity index (χ4n) is 2.96. The molecule has 0 bridgehead atoms. The van der Waals surface area contributed by atoms with Gasteiger partial charge in [0.15, 0.2) is 0 Å². The van der Waals surface area contributed by atoms with Gasteiger partial charge in [0.2, 0.25) is 5.76 Å². The van der Waals surface area contributed by atoms with Gasteiger partial charge in [-0.2, -0.15) is 0 Å². The fourth-order valence-corrected chi connectivity index (χ4v) is 2.96. The summed E-state index contributed by atoms with van der Waals surface area (Å²) < 4.78 is 23.3. The summed E-state index contributed by atoms with van der Waals surface area (Å²) >= 11 is 0. The third-order valence-electron chi connectivity index (χ3n) is 4.28. The largest absolute Gasteiger partial charge is 0.463 e. The second-order valence-corrected chi connectivity index (χ2v) is 5.96. The van der Waals surface area contributed by atoms with Crippen LogP contribution in [-0.2, 0) is 11.3 Å². The maximum atomic E-state index is 13.0. The number of anilines is 1. The summed E-state index contributed by atoms with van der Waals surface area (Å²) in [4.78, 5) is 16.1. The van der Waals surface area contributed by atoms with Crippen LogP contribution in [0.25, 0.3) is 0 Å². The number of ether oxygens (including phenoxy) is 1. The quantitative estimate of drug-likeness (QED) is 0.806. The van der Waals surface area contributed by atoms with Crippen molar-refractivity contribution >= 4 is 11.7 Å². The van der Waals surface area contributed by atoms with Crippen LogP contribution in [0.3, 0.4) is 0 Å². The Morgan fingerprint density at radius 3 is 2.50 bits per heavy atom. The molecule has 1 aromatic heterocycles. The van der Waals surface area contributed by atoms with Gasteiger partial charge in [-0.05, 0) is 37.3 Å². The molecule has 5 nitrogen and oxygen atoms in total. The van der Waals surface area contributed by atoms with Crippen LogP contribution in [0.2, 0.25) is 0 Å². The van der Waals surface area contributed by atoms with Gasteiger partial charge >= 0.3 is 5.97 Å². The summed E-state index contributed by atoms with van der Waals surface area (Å²) in [6.07, 6.45) is 0. The highest BCUT2D eigenvalue weighted by atomic mass is 19.1. The van der Waals surface area contributed by atoms with E-state index in [9.17, 15) is 9.18 Å². The maximum Gasteiger partial charge on any atom is 0.374 e. The molecule has 1 aromatic carbocycles. The number of piperazine rings is 1. The van der Waals surface area contributed by atoms with Crippen molar-refractivity contribution in [3.63, 3.8) is 0 Å². The molecule has 6 heteroatoms. The second kappa shape index (κ2) is 7.05. The third kappa shape index (κ3) is 3.59. The van der Waals surface area contributed by atoms with Crippen LogP contribution in [-0.4, -0.2) is 44.2 Å². The molecular weight excluding hydrogens is 311 g/mol. The van der Waals surface area contributed by atoms with Gasteiger partial charge in [-0.15, -0.1) is 0 Å². The Labute approximate surface area is 140 Å². The lowest BCUT2D eigenvalue weighted by Crippen LogP contribution is -2.45. The summed E-state index contributed by atoms with van der Waals surface area (Å²) in [6.45, 7) is 6.00. The first-order valence-electron chi connectivity index (χ1n) is 7.97. The van der Waals surface area contributed by atoms with Crippen LogP contribution in [0, 0.1) is 12.7 Å². The van der Waals surface area contributed by atoms with Crippen molar-refractivity contribution < 1.29 is 18.3 Å². The molecule has 128 valence electrons. The molecule has 1 aliphatic rings. The average molecular weight is 332 g/mol. The number of esters is 1. The Balaban J connectivity index is 1.57. The third-order valence-corrected chi connectivity index (χ3v) is 4.28. The first-order valence-corrected chi connectivity index (χ1v) is 7.97. The van der Waals surface area contributed by atoms with E-state index < -0.39 is 5.97 Å². The van der Waals surface area contributed by atoms with Gasteiger partial charge in [0, 0.05) is 37.4 Å². The fraction of sp³-hybridized carbons (Fsp3) is 0.389. The molecule has 1 aliphatic heterocycles. The van der Waals surface area contributed by atoms with Crippen molar-refractivity contribution in [3.8, 4) is 0 Å². The highest BCUT2D eigenvalue weighted by Crippen LogP contribution is 2.20. The zero-order chi connectivity index (χ0) is 17.1. The van der Waals surface area contributed by atoms with Crippen molar-refractivity contribution in [1.82, 2.24) is 4.90 Å². The number of benzene rings is 1. The molecule has 0 amide bonds. The molecule has 0 N–H and O–H groups in total. The summed E-state index contributed by atoms with van der Waals surface area (Å²) in [5.74, 6) is 0.382. The van der Waals surface area contributed by atoms with Gasteiger partial charge in [0.25, 0.3) is 0 Å². The van der Waals surface area contributed by atoms with Crippen molar-refractivity contribution in [2.24, 2.45) is 0 Å². The van der Waals surface area contributed by atoms with E-state index in [1.165, 1.54) is 19.2 Å². The summed E-state index contributed by atoms with van der Waals surface area (Å²) in [6, 6.07) is 8.48. The number of carbonyl (C=O) groups is 1. The molecule has 0 unspecified atom stereocenters. The summed E-state index contributed by atoms with van der Waals surface area (Å²) in [5, 5.41) is 0. The first kappa shape index (κ1) is 16.5. The molecule has 1 saturated heterocycles. The molecule has 2 aromatic rings. The lowest BCUT2D eigenvalue weighted by molar-refractivity contribution is 0.0560. The Bertz CT molecular complexity index is 704. The van der Waals surface area contributed by atoms with Crippen molar-refractivity contribution in [2.75, 3.05) is 38.2 Å². The maximum absolute atomic E-state index is 13.0. The molecule has 0 saturated carbocycles. The predicted octanol–water partition coefficient (Wildman–Crippen LogP) is 2.84. The van der Waals surface area contributed by atoms with Gasteiger partial charge in [-0.25, -0.2) is 9.18 Å². The molecule has 2 heterocycles. The summed E-state index contributed by atoms with van der Waals surface area (Å²) in [5.41, 5.74) is 1.83. The number of rotatable bonds is 4. The smallest absolute Gasteiger partial charge is 0.374 e. The number of furan rings is 1. The summed E-state index contributed by atoms with van der Waals surface area (Å²) in [7, 11) is 1.35. The number of aryl methyl sites for hydroxylation is 1. The van der Waals surface area contributed by atoms with E-state index >= 15 is 0 Å². The highest BCUT2D eigenvalue weighted by molar-refractivity contribution is 5.87. The number of hydrogen-bond donors (Lipinski definition) is 0. The lowest BCUT2D eigenvalue weighted by atomic mass is 10.2. The number of nitrogens with zero attached hydrogens (tertiary/aromatic N) is 2. The monoisotopic (exact) mass is 332 g/mol. The van der Waals surface area contributed by atoms with Gasteiger partial charge in [0.05, 0.1) is 13.7 Å². The SMILES string of the molecule is COC(=O)c1oc(CN2CCN(c3ccc(F)cc3)CC2)cc1C. The Kier molecular flexibility index (Phi) is 4.85. The van der Waals surface area contributed by atoms with Crippen molar-refractivity contribution in [3.05, 3.63) is 53.2 Å². The molecule has 0 aliphatic carbocycles. The van der Waals surface area contributed by atoms with Gasteiger partial charge < -0.3 is 14.1 Å². The molecule has 24 heavy (non-hydrogen) atoms. The van der Waals surface area contributed by atoms with E-state index in [1.54, 1.807) is 0 Å². The molecule has 0 spiro atoms. The van der Waals surface area contributed by atoms with E-state index in [4.69, 9.17) is 9.15 Å². The number of halogens is 1. The van der Waals surface area contributed by atoms with Crippen LogP contribution in [0.15, 0.2) is 34.7 Å². The minimum absolute atomic E-state index is 0.216. The number of carbonyl (C=O) groups excluding carboxylic acids is 1. The predicted molar refractivity (Wildman–Crippen MR) is 88.7 cm³/mol. The highest BCUT2D eigenvalue weighted by Gasteiger charge is 2.21. The Hall–Kier alpha value is -2.34. The van der Waals surface area contributed by atoms with Crippen LogP contribution in [0.4, 0.5) is 10.1 Å². The number of methoxy groups -OCH3 is 1. The molecule has 0 atom stereocenters. The standard InChI is InChI=1S/C18H21FN2O3/c1-13-11-16(24-17(13)18(22)23-2)12-20-7-9-21(10-8-20)15-5-3-14(19)4-6-15/h3-6,11H,7-10,12H2,1-2H3. The van der Waals surface area contributed by atoms with Gasteiger partial charge in [0.1, 0.15) is 11.6 Å². The van der Waals surface area contributed by atoms with E-state index in [0.29, 0.717) is 6.54 Å². The van der Waals surface area contributed by atoms with Crippen molar-refractivity contribution in [1.29, 1.82) is 0 Å². The van der Waals surface area contributed by atoms with E-state index in [0.717, 1.165) is 43.2 Å². The van der Waals surface area contributed by atoms with E-state index in [-0.39, 0.29) is 11.6 Å². The van der Waals surface area contributed by atoms with E-state index in [2.05, 4.69) is 9.80 Å². The lowest BCUT2D eigenvalue weighted by Gasteiger charge is -2.35. The first-order chi connectivity index (χ1) is 11.6. The van der Waals surface area contributed by atoms with Crippen LogP contribution < -0.4 is 4.90 Å². The van der Waals surface area contributed by atoms with E-state index in [1.807, 2.05) is 25.1 Å². The zero-order valence-corrected chi connectivity index (χ0v) is 13.9. The Morgan fingerprint density at radius 2 is 1.88 bits per heavy atom. The van der Waals surface area contributed by atoms with Gasteiger partial charge in [-0.1, -0.05) is 0 Å². The number of hydrogen-bond acceptors (Lipinski definition) is 5. The molecule has 0 radical (unpaired) electrons. The Morgan fingerprint density at radius 1 is 1.21 bits per heavy atom. The topological polar surface area (TPSA) is 45.9 Å².